The molecule has 1 aromatic carbocycles. The second-order valence-corrected chi connectivity index (χ2v) is 11.3. The monoisotopic (exact) mass is 453 g/mol. The number of fused-ring (bicyclic) bond motifs is 2. The molecular formula is C23H27N5O3S. The fourth-order valence-electron chi connectivity index (χ4n) is 4.40. The van der Waals surface area contributed by atoms with Crippen LogP contribution in [0.15, 0.2) is 45.4 Å². The van der Waals surface area contributed by atoms with E-state index in [1.807, 2.05) is 13.0 Å². The molecule has 2 aromatic rings. The molecule has 0 saturated heterocycles. The molecule has 0 spiro atoms. The van der Waals surface area contributed by atoms with Crippen molar-refractivity contribution in [3.63, 3.8) is 0 Å². The summed E-state index contributed by atoms with van der Waals surface area (Å²) >= 11 is 0. The van der Waals surface area contributed by atoms with Crippen LogP contribution in [0.1, 0.15) is 39.0 Å². The molecule has 0 radical (unpaired) electrons. The van der Waals surface area contributed by atoms with Crippen LogP contribution in [0, 0.1) is 0 Å². The molecule has 5 rings (SSSR count). The average Bonchev–Trinajstić information content (AvgIpc) is 3.40. The molecule has 1 unspecified atom stereocenters. The van der Waals surface area contributed by atoms with Gasteiger partial charge in [0.25, 0.3) is 0 Å². The number of hydrogen-bond donors (Lipinski definition) is 2. The Morgan fingerprint density at radius 1 is 1.25 bits per heavy atom. The Morgan fingerprint density at radius 2 is 2.06 bits per heavy atom. The van der Waals surface area contributed by atoms with E-state index in [4.69, 9.17) is 4.74 Å². The van der Waals surface area contributed by atoms with Gasteiger partial charge in [-0.3, -0.25) is 14.5 Å². The maximum Gasteiger partial charge on any atom is 0.415 e. The maximum absolute atomic E-state index is 12.9. The van der Waals surface area contributed by atoms with Gasteiger partial charge in [0.15, 0.2) is 5.82 Å². The number of pyridine rings is 1. The Morgan fingerprint density at radius 3 is 2.84 bits per heavy atom. The number of amides is 2. The van der Waals surface area contributed by atoms with Crippen molar-refractivity contribution < 1.29 is 14.3 Å². The van der Waals surface area contributed by atoms with E-state index in [2.05, 4.69) is 44.7 Å². The van der Waals surface area contributed by atoms with Crippen LogP contribution >= 0.6 is 10.2 Å². The van der Waals surface area contributed by atoms with Gasteiger partial charge >= 0.3 is 6.09 Å². The fourth-order valence-corrected chi connectivity index (χ4v) is 6.78. The molecule has 2 aliphatic heterocycles. The van der Waals surface area contributed by atoms with Crippen molar-refractivity contribution in [3.8, 4) is 11.1 Å². The lowest BCUT2D eigenvalue weighted by atomic mass is 9.98. The first-order chi connectivity index (χ1) is 15.5. The van der Waals surface area contributed by atoms with Crippen molar-refractivity contribution >= 4 is 39.9 Å². The number of carbonyl (C=O) groups excluding carboxylic acids is 2. The van der Waals surface area contributed by atoms with Crippen LogP contribution in [0.25, 0.3) is 11.1 Å². The number of ether oxygens (including phenoxy) is 1. The normalized spacial score (nSPS) is 24.2. The molecule has 168 valence electrons. The van der Waals surface area contributed by atoms with E-state index in [1.54, 1.807) is 12.4 Å². The molecule has 32 heavy (non-hydrogen) atoms. The third-order valence-corrected chi connectivity index (χ3v) is 8.96. The van der Waals surface area contributed by atoms with Gasteiger partial charge in [-0.25, -0.2) is 9.78 Å². The lowest BCUT2D eigenvalue weighted by Gasteiger charge is -2.30. The SMILES string of the molecule is C/C=N/NS1(C)c2ccc(-c3cnc4c(c3)N(C(=O)OC3CCCCC3)CC(=O)N4)cc21. The fraction of sp³-hybridized carbons (Fsp3) is 0.391. The third kappa shape index (κ3) is 3.70. The summed E-state index contributed by atoms with van der Waals surface area (Å²) in [4.78, 5) is 36.8. The lowest BCUT2D eigenvalue weighted by Crippen LogP contribution is -2.44. The summed E-state index contributed by atoms with van der Waals surface area (Å²) in [5, 5.41) is 6.98. The highest BCUT2D eigenvalue weighted by molar-refractivity contribution is 8.36. The number of rotatable bonds is 4. The van der Waals surface area contributed by atoms with Crippen molar-refractivity contribution in [2.75, 3.05) is 23.0 Å². The van der Waals surface area contributed by atoms with E-state index in [1.165, 1.54) is 21.1 Å². The standard InChI is InChI=1S/C23H27N5O3S/c1-3-25-27-32(2)19-10-9-15(12-20(19)32)16-11-18-22(24-13-16)26-21(29)14-28(18)23(30)31-17-7-5-4-6-8-17/h3,9-13,17,27H,4-8,14H2,1-2H3,(H,24,26,29)/b25-3+. The highest BCUT2D eigenvalue weighted by Crippen LogP contribution is 2.74. The van der Waals surface area contributed by atoms with E-state index in [0.29, 0.717) is 11.5 Å². The van der Waals surface area contributed by atoms with Crippen molar-refractivity contribution in [2.45, 2.75) is 54.9 Å². The smallest absolute Gasteiger partial charge is 0.415 e. The number of benzene rings is 1. The van der Waals surface area contributed by atoms with Gasteiger partial charge in [-0.2, -0.15) is 5.10 Å². The van der Waals surface area contributed by atoms with Crippen molar-refractivity contribution in [3.05, 3.63) is 30.5 Å². The molecule has 3 heterocycles. The van der Waals surface area contributed by atoms with Crippen LogP contribution in [0.4, 0.5) is 16.3 Å². The molecule has 1 saturated carbocycles. The number of nitrogens with zero attached hydrogens (tertiary/aromatic N) is 3. The molecule has 2 amide bonds. The summed E-state index contributed by atoms with van der Waals surface area (Å²) < 4.78 is 5.73. The van der Waals surface area contributed by atoms with E-state index >= 15 is 0 Å². The second-order valence-electron chi connectivity index (χ2n) is 8.43. The summed E-state index contributed by atoms with van der Waals surface area (Å²) in [6.45, 7) is 1.81. The van der Waals surface area contributed by atoms with Crippen LogP contribution < -0.4 is 15.0 Å². The lowest BCUT2D eigenvalue weighted by molar-refractivity contribution is -0.115. The second kappa shape index (κ2) is 8.12. The van der Waals surface area contributed by atoms with Gasteiger partial charge in [-0.1, -0.05) is 22.7 Å². The first-order valence-electron chi connectivity index (χ1n) is 10.9. The molecule has 3 aliphatic rings. The van der Waals surface area contributed by atoms with Gasteiger partial charge in [0.2, 0.25) is 5.91 Å². The molecule has 8 nitrogen and oxygen atoms in total. The summed E-state index contributed by atoms with van der Waals surface area (Å²) in [5.41, 5.74) is 2.46. The minimum absolute atomic E-state index is 0.0744. The summed E-state index contributed by atoms with van der Waals surface area (Å²) in [7, 11) is -1.20. The molecular weight excluding hydrogens is 426 g/mol. The number of hydrazone groups is 1. The number of hydrogen-bond acceptors (Lipinski definition) is 6. The van der Waals surface area contributed by atoms with E-state index in [-0.39, 0.29) is 18.6 Å². The zero-order valence-electron chi connectivity index (χ0n) is 18.3. The Bertz CT molecular complexity index is 1110. The topological polar surface area (TPSA) is 95.9 Å². The van der Waals surface area contributed by atoms with Gasteiger partial charge in [-0.15, -0.1) is 0 Å². The minimum atomic E-state index is -1.20. The predicted molar refractivity (Wildman–Crippen MR) is 126 cm³/mol. The maximum atomic E-state index is 12.9. The Hall–Kier alpha value is -3.07. The minimum Gasteiger partial charge on any atom is -0.446 e. The molecule has 1 atom stereocenters. The van der Waals surface area contributed by atoms with Crippen LogP contribution in [0.3, 0.4) is 0 Å². The zero-order valence-corrected chi connectivity index (χ0v) is 19.1. The van der Waals surface area contributed by atoms with Crippen molar-refractivity contribution in [2.24, 2.45) is 5.10 Å². The molecule has 0 bridgehead atoms. The number of anilines is 2. The quantitative estimate of drug-likeness (QED) is 0.399. The summed E-state index contributed by atoms with van der Waals surface area (Å²) in [6, 6.07) is 8.23. The first-order valence-corrected chi connectivity index (χ1v) is 13.0. The van der Waals surface area contributed by atoms with Crippen molar-refractivity contribution in [1.82, 2.24) is 9.82 Å². The van der Waals surface area contributed by atoms with Gasteiger partial charge in [0, 0.05) is 27.8 Å². The van der Waals surface area contributed by atoms with E-state index in [0.717, 1.165) is 36.8 Å². The summed E-state index contributed by atoms with van der Waals surface area (Å²) in [5.74, 6) is 0.108. The van der Waals surface area contributed by atoms with Crippen LogP contribution in [0.5, 0.6) is 0 Å². The number of nitrogens with one attached hydrogen (secondary N) is 2. The highest BCUT2D eigenvalue weighted by Gasteiger charge is 2.41. The van der Waals surface area contributed by atoms with Crippen LogP contribution in [-0.4, -0.2) is 42.1 Å². The largest absolute Gasteiger partial charge is 0.446 e. The number of carbonyl (C=O) groups is 2. The Labute approximate surface area is 188 Å². The number of aromatic nitrogens is 1. The van der Waals surface area contributed by atoms with Crippen LogP contribution in [-0.2, 0) is 9.53 Å². The molecule has 1 aliphatic carbocycles. The summed E-state index contributed by atoms with van der Waals surface area (Å²) in [6.07, 6.45) is 10.2. The van der Waals surface area contributed by atoms with E-state index in [9.17, 15) is 9.59 Å². The third-order valence-electron chi connectivity index (χ3n) is 6.24. The predicted octanol–water partition coefficient (Wildman–Crippen LogP) is 4.65. The molecule has 9 heteroatoms. The average molecular weight is 454 g/mol. The Kier molecular flexibility index (Phi) is 5.28. The van der Waals surface area contributed by atoms with Gasteiger partial charge in [0.1, 0.15) is 12.6 Å². The Balaban J connectivity index is 1.42. The zero-order chi connectivity index (χ0) is 22.3. The molecule has 1 fully saturated rings. The van der Waals surface area contributed by atoms with E-state index < -0.39 is 16.3 Å². The van der Waals surface area contributed by atoms with Crippen molar-refractivity contribution in [1.29, 1.82) is 0 Å². The molecule has 1 aromatic heterocycles. The first kappa shape index (κ1) is 20.8. The van der Waals surface area contributed by atoms with Crippen LogP contribution in [0.2, 0.25) is 0 Å². The molecule has 2 N–H and O–H groups in total. The highest BCUT2D eigenvalue weighted by atomic mass is 32.3. The van der Waals surface area contributed by atoms with Gasteiger partial charge < -0.3 is 10.1 Å². The van der Waals surface area contributed by atoms with Gasteiger partial charge in [0.05, 0.1) is 5.69 Å². The van der Waals surface area contributed by atoms with Gasteiger partial charge in [-0.05, 0) is 62.6 Å².